The molecular weight excluding hydrogens is 376 g/mol. The van der Waals surface area contributed by atoms with E-state index in [1.165, 1.54) is 11.3 Å². The number of fused-ring (bicyclic) bond motifs is 1. The first-order valence-corrected chi connectivity index (χ1v) is 10.7. The van der Waals surface area contributed by atoms with Gasteiger partial charge in [-0.3, -0.25) is 19.1 Å². The van der Waals surface area contributed by atoms with Crippen LogP contribution in [0.25, 0.3) is 5.65 Å². The van der Waals surface area contributed by atoms with E-state index in [1.807, 2.05) is 30.0 Å². The van der Waals surface area contributed by atoms with Crippen LogP contribution >= 0.6 is 0 Å². The zero-order chi connectivity index (χ0) is 21.1. The van der Waals surface area contributed by atoms with Crippen molar-refractivity contribution in [2.45, 2.75) is 39.2 Å². The normalized spacial score (nSPS) is 15.7. The minimum absolute atomic E-state index is 0.0666. The first-order valence-electron chi connectivity index (χ1n) is 10.7. The molecule has 3 aromatic rings. The van der Waals surface area contributed by atoms with E-state index in [1.54, 1.807) is 11.2 Å². The highest BCUT2D eigenvalue weighted by molar-refractivity contribution is 5.97. The quantitative estimate of drug-likeness (QED) is 0.629. The first kappa shape index (κ1) is 20.5. The smallest absolute Gasteiger partial charge is 0.276 e. The average Bonchev–Trinajstić information content (AvgIpc) is 3.18. The second-order valence-corrected chi connectivity index (χ2v) is 8.64. The number of hydrogen-bond acceptors (Lipinski definition) is 5. The Balaban J connectivity index is 1.48. The number of carbonyl (C=O) groups is 1. The summed E-state index contributed by atoms with van der Waals surface area (Å²) in [6, 6.07) is 6.24. The number of aromatic nitrogens is 4. The molecule has 1 saturated heterocycles. The van der Waals surface area contributed by atoms with Crippen molar-refractivity contribution in [1.82, 2.24) is 29.2 Å². The van der Waals surface area contributed by atoms with Gasteiger partial charge in [-0.15, -0.1) is 0 Å². The lowest BCUT2D eigenvalue weighted by molar-refractivity contribution is 0.0775. The molecule has 4 heterocycles. The molecule has 3 aromatic heterocycles. The van der Waals surface area contributed by atoms with Crippen molar-refractivity contribution in [3.8, 4) is 0 Å². The molecule has 7 nitrogen and oxygen atoms in total. The van der Waals surface area contributed by atoms with E-state index in [0.29, 0.717) is 29.7 Å². The maximum absolute atomic E-state index is 12.9. The van der Waals surface area contributed by atoms with E-state index in [0.717, 1.165) is 32.5 Å². The Kier molecular flexibility index (Phi) is 6.08. The fraction of sp³-hybridized carbons (Fsp3) is 0.478. The molecule has 1 aliphatic heterocycles. The van der Waals surface area contributed by atoms with Crippen LogP contribution in [0.15, 0.2) is 43.1 Å². The molecule has 30 heavy (non-hydrogen) atoms. The second kappa shape index (κ2) is 8.92. The number of rotatable bonds is 6. The Morgan fingerprint density at radius 3 is 2.57 bits per heavy atom. The maximum Gasteiger partial charge on any atom is 0.276 e. The molecule has 7 heteroatoms. The van der Waals surface area contributed by atoms with Gasteiger partial charge in [-0.2, -0.15) is 0 Å². The predicted molar refractivity (Wildman–Crippen MR) is 116 cm³/mol. The van der Waals surface area contributed by atoms with Gasteiger partial charge in [0, 0.05) is 50.3 Å². The number of likely N-dealkylation sites (tertiary alicyclic amines) is 1. The van der Waals surface area contributed by atoms with Crippen molar-refractivity contribution in [2.75, 3.05) is 26.7 Å². The number of carbonyl (C=O) groups excluding carboxylic acids is 1. The van der Waals surface area contributed by atoms with Gasteiger partial charge in [0.1, 0.15) is 6.33 Å². The van der Waals surface area contributed by atoms with E-state index in [9.17, 15) is 4.79 Å². The largest absolute Gasteiger partial charge is 0.340 e. The van der Waals surface area contributed by atoms with E-state index in [2.05, 4.69) is 51.9 Å². The number of hydrogen-bond donors (Lipinski definition) is 0. The molecule has 158 valence electrons. The molecule has 1 aliphatic rings. The van der Waals surface area contributed by atoms with Crippen LogP contribution in [0.3, 0.4) is 0 Å². The zero-order valence-electron chi connectivity index (χ0n) is 18.0. The van der Waals surface area contributed by atoms with Gasteiger partial charge in [-0.1, -0.05) is 13.8 Å². The summed E-state index contributed by atoms with van der Waals surface area (Å²) in [5, 5.41) is 0. The Morgan fingerprint density at radius 1 is 1.13 bits per heavy atom. The van der Waals surface area contributed by atoms with Gasteiger partial charge in [0.2, 0.25) is 0 Å². The standard InChI is InChI=1S/C23H30N6O/c1-17(2)14-27(3)23(30)21-22-25-11-6-20(29(22)16-26-21)19-7-12-28(13-8-19)15-18-4-9-24-10-5-18/h4-6,9-11,16-17,19H,7-8,12-15H2,1-3H3. The molecule has 0 radical (unpaired) electrons. The highest BCUT2D eigenvalue weighted by atomic mass is 16.2. The topological polar surface area (TPSA) is 66.6 Å². The van der Waals surface area contributed by atoms with Crippen LogP contribution in [-0.4, -0.2) is 61.7 Å². The molecule has 1 amide bonds. The van der Waals surface area contributed by atoms with Gasteiger partial charge in [-0.05, 0) is 55.6 Å². The molecule has 0 unspecified atom stereocenters. The summed E-state index contributed by atoms with van der Waals surface area (Å²) in [6.07, 6.45) is 9.45. The minimum Gasteiger partial charge on any atom is -0.340 e. The van der Waals surface area contributed by atoms with Crippen molar-refractivity contribution < 1.29 is 4.79 Å². The van der Waals surface area contributed by atoms with Gasteiger partial charge in [0.05, 0.1) is 0 Å². The third-order valence-corrected chi connectivity index (χ3v) is 5.81. The molecule has 0 atom stereocenters. The predicted octanol–water partition coefficient (Wildman–Crippen LogP) is 3.23. The van der Waals surface area contributed by atoms with E-state index in [4.69, 9.17) is 0 Å². The fourth-order valence-corrected chi connectivity index (χ4v) is 4.35. The monoisotopic (exact) mass is 406 g/mol. The van der Waals surface area contributed by atoms with Gasteiger partial charge in [-0.25, -0.2) is 9.97 Å². The molecule has 4 rings (SSSR count). The molecule has 0 bridgehead atoms. The Labute approximate surface area is 177 Å². The highest BCUT2D eigenvalue weighted by Crippen LogP contribution is 2.29. The van der Waals surface area contributed by atoms with Crippen molar-refractivity contribution in [3.05, 3.63) is 60.1 Å². The van der Waals surface area contributed by atoms with Crippen LogP contribution in [0.5, 0.6) is 0 Å². The van der Waals surface area contributed by atoms with Crippen molar-refractivity contribution in [2.24, 2.45) is 5.92 Å². The number of nitrogens with zero attached hydrogens (tertiary/aromatic N) is 6. The van der Waals surface area contributed by atoms with Gasteiger partial charge in [0.25, 0.3) is 5.91 Å². The minimum atomic E-state index is -0.0666. The van der Waals surface area contributed by atoms with Crippen LogP contribution in [0.2, 0.25) is 0 Å². The molecule has 1 fully saturated rings. The lowest BCUT2D eigenvalue weighted by Gasteiger charge is -2.32. The average molecular weight is 407 g/mol. The first-order chi connectivity index (χ1) is 14.5. The van der Waals surface area contributed by atoms with Crippen molar-refractivity contribution >= 4 is 11.6 Å². The van der Waals surface area contributed by atoms with Gasteiger partial charge >= 0.3 is 0 Å². The van der Waals surface area contributed by atoms with Crippen LogP contribution in [-0.2, 0) is 6.54 Å². The summed E-state index contributed by atoms with van der Waals surface area (Å²) in [4.78, 5) is 30.1. The molecule has 0 aromatic carbocycles. The molecule has 0 N–H and O–H groups in total. The van der Waals surface area contributed by atoms with Crippen molar-refractivity contribution in [3.63, 3.8) is 0 Å². The second-order valence-electron chi connectivity index (χ2n) is 8.64. The summed E-state index contributed by atoms with van der Waals surface area (Å²) in [6.45, 7) is 7.97. The summed E-state index contributed by atoms with van der Waals surface area (Å²) in [7, 11) is 1.83. The Morgan fingerprint density at radius 2 is 1.87 bits per heavy atom. The SMILES string of the molecule is CC(C)CN(C)C(=O)c1ncn2c(C3CCN(Cc4ccncc4)CC3)ccnc12. The summed E-state index contributed by atoms with van der Waals surface area (Å²) in [5.41, 5.74) is 3.60. The fourth-order valence-electron chi connectivity index (χ4n) is 4.35. The van der Waals surface area contributed by atoms with Crippen LogP contribution in [0, 0.1) is 5.92 Å². The third-order valence-electron chi connectivity index (χ3n) is 5.81. The number of amides is 1. The number of piperidine rings is 1. The Hall–Kier alpha value is -2.80. The van der Waals surface area contributed by atoms with Crippen LogP contribution in [0.1, 0.15) is 54.4 Å². The third kappa shape index (κ3) is 4.36. The van der Waals surface area contributed by atoms with Crippen LogP contribution < -0.4 is 0 Å². The zero-order valence-corrected chi connectivity index (χ0v) is 18.0. The van der Waals surface area contributed by atoms with E-state index >= 15 is 0 Å². The van der Waals surface area contributed by atoms with E-state index in [-0.39, 0.29) is 5.91 Å². The molecular formula is C23H30N6O. The highest BCUT2D eigenvalue weighted by Gasteiger charge is 2.25. The lowest BCUT2D eigenvalue weighted by atomic mass is 9.93. The Bertz CT molecular complexity index is 991. The molecule has 0 saturated carbocycles. The maximum atomic E-state index is 12.9. The summed E-state index contributed by atoms with van der Waals surface area (Å²) in [5.74, 6) is 0.784. The molecule has 0 spiro atoms. The summed E-state index contributed by atoms with van der Waals surface area (Å²) >= 11 is 0. The van der Waals surface area contributed by atoms with Gasteiger partial charge < -0.3 is 4.90 Å². The molecule has 0 aliphatic carbocycles. The summed E-state index contributed by atoms with van der Waals surface area (Å²) < 4.78 is 2.01. The van der Waals surface area contributed by atoms with Gasteiger partial charge in [0.15, 0.2) is 11.3 Å². The van der Waals surface area contributed by atoms with E-state index < -0.39 is 0 Å². The number of pyridine rings is 1. The van der Waals surface area contributed by atoms with Crippen molar-refractivity contribution in [1.29, 1.82) is 0 Å². The number of imidazole rings is 1. The lowest BCUT2D eigenvalue weighted by Crippen LogP contribution is -2.33. The van der Waals surface area contributed by atoms with Crippen LogP contribution in [0.4, 0.5) is 0 Å².